The summed E-state index contributed by atoms with van der Waals surface area (Å²) in [4.78, 5) is 39.1. The summed E-state index contributed by atoms with van der Waals surface area (Å²) in [5.74, 6) is 0.975. The lowest BCUT2D eigenvalue weighted by atomic mass is 10.2. The number of rotatable bonds is 10. The van der Waals surface area contributed by atoms with Crippen LogP contribution >= 0.6 is 0 Å². The molecule has 1 saturated heterocycles. The molecule has 26 heavy (non-hydrogen) atoms. The molecule has 2 rings (SSSR count). The van der Waals surface area contributed by atoms with E-state index >= 15 is 0 Å². The molecule has 1 aliphatic rings. The minimum atomic E-state index is -1.12. The van der Waals surface area contributed by atoms with Crippen LogP contribution in [0.5, 0.6) is 0 Å². The molecule has 0 aromatic carbocycles. The van der Waals surface area contributed by atoms with Crippen molar-refractivity contribution in [3.8, 4) is 12.3 Å². The van der Waals surface area contributed by atoms with Gasteiger partial charge in [-0.2, -0.15) is 0 Å². The second-order valence-electron chi connectivity index (χ2n) is 5.72. The predicted molar refractivity (Wildman–Crippen MR) is 93.6 cm³/mol. The quantitative estimate of drug-likeness (QED) is 0.252. The van der Waals surface area contributed by atoms with Crippen LogP contribution in [-0.2, 0) is 14.4 Å². The molecule has 1 aromatic rings. The van der Waals surface area contributed by atoms with Crippen LogP contribution in [0, 0.1) is 12.3 Å². The molecule has 0 radical (unpaired) electrons. The van der Waals surface area contributed by atoms with Crippen molar-refractivity contribution in [3.63, 3.8) is 0 Å². The van der Waals surface area contributed by atoms with Crippen molar-refractivity contribution in [2.24, 2.45) is 0 Å². The summed E-state index contributed by atoms with van der Waals surface area (Å²) in [6.45, 7) is 1.20. The van der Waals surface area contributed by atoms with Gasteiger partial charge in [0, 0.05) is 12.7 Å². The highest BCUT2D eigenvalue weighted by molar-refractivity contribution is 6.05. The SMILES string of the molecule is C#CC(CC(=O)O)NN1C(=O)CC(NCCCNc2ccccn2)C1=O. The number of terminal acetylenes is 1. The van der Waals surface area contributed by atoms with Crippen molar-refractivity contribution in [1.82, 2.24) is 20.7 Å². The number of carbonyl (C=O) groups excluding carboxylic acids is 2. The molecule has 2 atom stereocenters. The Morgan fingerprint density at radius 3 is 2.88 bits per heavy atom. The number of nitrogens with zero attached hydrogens (tertiary/aromatic N) is 2. The molecular formula is C17H21N5O4. The number of hydrazine groups is 1. The van der Waals surface area contributed by atoms with Gasteiger partial charge in [0.05, 0.1) is 24.9 Å². The summed E-state index contributed by atoms with van der Waals surface area (Å²) < 4.78 is 0. The third-order valence-electron chi connectivity index (χ3n) is 3.73. The fourth-order valence-electron chi connectivity index (χ4n) is 2.45. The number of nitrogens with one attached hydrogen (secondary N) is 3. The van der Waals surface area contributed by atoms with Crippen molar-refractivity contribution in [1.29, 1.82) is 0 Å². The summed E-state index contributed by atoms with van der Waals surface area (Å²) in [7, 11) is 0. The summed E-state index contributed by atoms with van der Waals surface area (Å²) in [6.07, 6.45) is 7.28. The van der Waals surface area contributed by atoms with Crippen LogP contribution in [0.25, 0.3) is 0 Å². The molecule has 9 heteroatoms. The molecule has 2 amide bonds. The van der Waals surface area contributed by atoms with E-state index in [0.717, 1.165) is 17.2 Å². The average molecular weight is 359 g/mol. The van der Waals surface area contributed by atoms with Gasteiger partial charge in [0.2, 0.25) is 5.91 Å². The van der Waals surface area contributed by atoms with Gasteiger partial charge >= 0.3 is 5.97 Å². The summed E-state index contributed by atoms with van der Waals surface area (Å²) in [6, 6.07) is 3.99. The minimum Gasteiger partial charge on any atom is -0.481 e. The van der Waals surface area contributed by atoms with Crippen LogP contribution in [0.15, 0.2) is 24.4 Å². The monoisotopic (exact) mass is 359 g/mol. The third kappa shape index (κ3) is 5.54. The van der Waals surface area contributed by atoms with Crippen LogP contribution < -0.4 is 16.1 Å². The number of imide groups is 1. The van der Waals surface area contributed by atoms with Crippen LogP contribution in [-0.4, -0.2) is 58.1 Å². The second kappa shape index (κ2) is 9.50. The molecule has 138 valence electrons. The van der Waals surface area contributed by atoms with Crippen LogP contribution in [0.3, 0.4) is 0 Å². The van der Waals surface area contributed by atoms with Gasteiger partial charge in [0.25, 0.3) is 5.91 Å². The van der Waals surface area contributed by atoms with Crippen molar-refractivity contribution < 1.29 is 19.5 Å². The molecule has 0 spiro atoms. The number of anilines is 1. The number of hydrogen-bond donors (Lipinski definition) is 4. The van der Waals surface area contributed by atoms with Gasteiger partial charge in [0.1, 0.15) is 5.82 Å². The summed E-state index contributed by atoms with van der Waals surface area (Å²) in [5.41, 5.74) is 2.51. The molecule has 2 heterocycles. The Morgan fingerprint density at radius 1 is 1.42 bits per heavy atom. The van der Waals surface area contributed by atoms with E-state index in [-0.39, 0.29) is 12.8 Å². The van der Waals surface area contributed by atoms with Crippen LogP contribution in [0.1, 0.15) is 19.3 Å². The Labute approximate surface area is 151 Å². The van der Waals surface area contributed by atoms with Crippen molar-refractivity contribution >= 4 is 23.6 Å². The Morgan fingerprint density at radius 2 is 2.23 bits per heavy atom. The van der Waals surface area contributed by atoms with E-state index in [0.29, 0.717) is 13.1 Å². The van der Waals surface area contributed by atoms with E-state index < -0.39 is 29.9 Å². The molecule has 2 unspecified atom stereocenters. The lowest BCUT2D eigenvalue weighted by molar-refractivity contribution is -0.145. The molecule has 1 aliphatic heterocycles. The first-order chi connectivity index (χ1) is 12.5. The van der Waals surface area contributed by atoms with Crippen molar-refractivity contribution in [2.75, 3.05) is 18.4 Å². The number of aliphatic carboxylic acids is 1. The first kappa shape index (κ1) is 19.4. The smallest absolute Gasteiger partial charge is 0.306 e. The largest absolute Gasteiger partial charge is 0.481 e. The third-order valence-corrected chi connectivity index (χ3v) is 3.73. The molecule has 0 bridgehead atoms. The number of carboxylic acid groups (broad SMARTS) is 1. The lowest BCUT2D eigenvalue weighted by Crippen LogP contribution is -2.50. The zero-order chi connectivity index (χ0) is 18.9. The molecule has 1 aromatic heterocycles. The Bertz CT molecular complexity index is 688. The first-order valence-electron chi connectivity index (χ1n) is 8.20. The van der Waals surface area contributed by atoms with E-state index in [1.54, 1.807) is 6.20 Å². The molecular weight excluding hydrogens is 338 g/mol. The highest BCUT2D eigenvalue weighted by atomic mass is 16.4. The fraction of sp³-hybridized carbons (Fsp3) is 0.412. The standard InChI is InChI=1S/C17H21N5O4/c1-2-12(10-16(24)25)21-22-15(23)11-13(17(22)26)18-8-5-9-20-14-6-3-4-7-19-14/h1,3-4,6-7,12-13,18,21H,5,8-11H2,(H,19,20)(H,24,25). The highest BCUT2D eigenvalue weighted by Gasteiger charge is 2.39. The van der Waals surface area contributed by atoms with E-state index in [1.165, 1.54) is 0 Å². The normalized spacial score (nSPS) is 17.8. The zero-order valence-electron chi connectivity index (χ0n) is 14.1. The average Bonchev–Trinajstić information content (AvgIpc) is 2.88. The van der Waals surface area contributed by atoms with E-state index in [2.05, 4.69) is 27.0 Å². The molecule has 1 fully saturated rings. The highest BCUT2D eigenvalue weighted by Crippen LogP contribution is 2.12. The van der Waals surface area contributed by atoms with Gasteiger partial charge in [-0.15, -0.1) is 6.42 Å². The number of carboxylic acids is 1. The second-order valence-corrected chi connectivity index (χ2v) is 5.72. The van der Waals surface area contributed by atoms with Gasteiger partial charge < -0.3 is 15.7 Å². The van der Waals surface area contributed by atoms with E-state index in [4.69, 9.17) is 11.5 Å². The maximum absolute atomic E-state index is 12.3. The van der Waals surface area contributed by atoms with Crippen molar-refractivity contribution in [2.45, 2.75) is 31.3 Å². The topological polar surface area (TPSA) is 124 Å². The van der Waals surface area contributed by atoms with Gasteiger partial charge in [-0.1, -0.05) is 12.0 Å². The molecule has 9 nitrogen and oxygen atoms in total. The Kier molecular flexibility index (Phi) is 7.08. The summed E-state index contributed by atoms with van der Waals surface area (Å²) >= 11 is 0. The summed E-state index contributed by atoms with van der Waals surface area (Å²) in [5, 5.41) is 15.8. The number of carbonyl (C=O) groups is 3. The van der Waals surface area contributed by atoms with Gasteiger partial charge in [-0.25, -0.2) is 15.4 Å². The van der Waals surface area contributed by atoms with E-state index in [1.807, 2.05) is 18.2 Å². The lowest BCUT2D eigenvalue weighted by Gasteiger charge is -2.20. The maximum Gasteiger partial charge on any atom is 0.306 e. The Balaban J connectivity index is 1.74. The predicted octanol–water partition coefficient (Wildman–Crippen LogP) is -0.418. The zero-order valence-corrected chi connectivity index (χ0v) is 14.1. The first-order valence-corrected chi connectivity index (χ1v) is 8.20. The molecule has 0 saturated carbocycles. The maximum atomic E-state index is 12.3. The number of amides is 2. The van der Waals surface area contributed by atoms with Gasteiger partial charge in [0.15, 0.2) is 0 Å². The van der Waals surface area contributed by atoms with Crippen LogP contribution in [0.4, 0.5) is 5.82 Å². The van der Waals surface area contributed by atoms with Crippen LogP contribution in [0.2, 0.25) is 0 Å². The number of aromatic nitrogens is 1. The van der Waals surface area contributed by atoms with Gasteiger partial charge in [-0.3, -0.25) is 14.4 Å². The number of hydrogen-bond acceptors (Lipinski definition) is 7. The molecule has 4 N–H and O–H groups in total. The number of pyridine rings is 1. The van der Waals surface area contributed by atoms with Gasteiger partial charge in [-0.05, 0) is 25.1 Å². The Hall–Kier alpha value is -2.96. The van der Waals surface area contributed by atoms with E-state index in [9.17, 15) is 14.4 Å². The minimum absolute atomic E-state index is 0.00383. The fourth-order valence-corrected chi connectivity index (χ4v) is 2.45. The van der Waals surface area contributed by atoms with Crippen molar-refractivity contribution in [3.05, 3.63) is 24.4 Å². The molecule has 0 aliphatic carbocycles.